The summed E-state index contributed by atoms with van der Waals surface area (Å²) in [5, 5.41) is 1.07. The molecule has 1 aromatic heterocycles. The Morgan fingerprint density at radius 1 is 1.31 bits per heavy atom. The molecule has 0 saturated carbocycles. The molecule has 2 nitrogen and oxygen atoms in total. The summed E-state index contributed by atoms with van der Waals surface area (Å²) in [5.74, 6) is 0.763. The van der Waals surface area contributed by atoms with Crippen molar-refractivity contribution in [2.45, 2.75) is 0 Å². The minimum atomic E-state index is 0.763. The van der Waals surface area contributed by atoms with Crippen LogP contribution in [-0.4, -0.2) is 12.1 Å². The van der Waals surface area contributed by atoms with E-state index in [1.165, 1.54) is 0 Å². The maximum absolute atomic E-state index is 5.14. The van der Waals surface area contributed by atoms with Crippen LogP contribution in [0.4, 0.5) is 0 Å². The Labute approximate surface area is 84.7 Å². The molecule has 0 fully saturated rings. The van der Waals surface area contributed by atoms with Gasteiger partial charge in [-0.1, -0.05) is 18.2 Å². The SMILES string of the molecule is COc1cnc2ccccc2c1Br. The molecular weight excluding hydrogens is 230 g/mol. The fourth-order valence-corrected chi connectivity index (χ4v) is 1.83. The minimum absolute atomic E-state index is 0.763. The third-order valence-electron chi connectivity index (χ3n) is 1.90. The van der Waals surface area contributed by atoms with Crippen molar-refractivity contribution in [1.29, 1.82) is 0 Å². The molecule has 0 bridgehead atoms. The topological polar surface area (TPSA) is 22.1 Å². The van der Waals surface area contributed by atoms with Crippen LogP contribution in [0.25, 0.3) is 10.9 Å². The van der Waals surface area contributed by atoms with Gasteiger partial charge in [0.15, 0.2) is 5.75 Å². The third kappa shape index (κ3) is 1.40. The summed E-state index contributed by atoms with van der Waals surface area (Å²) >= 11 is 3.48. The van der Waals surface area contributed by atoms with E-state index in [9.17, 15) is 0 Å². The summed E-state index contributed by atoms with van der Waals surface area (Å²) in [6.07, 6.45) is 1.71. The molecule has 0 unspecified atom stereocenters. The highest BCUT2D eigenvalue weighted by Gasteiger charge is 2.04. The van der Waals surface area contributed by atoms with Crippen LogP contribution >= 0.6 is 15.9 Å². The van der Waals surface area contributed by atoms with Crippen LogP contribution in [0, 0.1) is 0 Å². The summed E-state index contributed by atoms with van der Waals surface area (Å²) < 4.78 is 6.10. The summed E-state index contributed by atoms with van der Waals surface area (Å²) in [6.45, 7) is 0. The zero-order chi connectivity index (χ0) is 9.26. The van der Waals surface area contributed by atoms with Crippen molar-refractivity contribution < 1.29 is 4.74 Å². The van der Waals surface area contributed by atoms with Gasteiger partial charge in [0.2, 0.25) is 0 Å². The van der Waals surface area contributed by atoms with Crippen molar-refractivity contribution in [3.63, 3.8) is 0 Å². The second-order valence-corrected chi connectivity index (χ2v) is 3.45. The van der Waals surface area contributed by atoms with E-state index in [-0.39, 0.29) is 0 Å². The summed E-state index contributed by atoms with van der Waals surface area (Å²) in [6, 6.07) is 7.93. The van der Waals surface area contributed by atoms with Crippen molar-refractivity contribution in [2.75, 3.05) is 7.11 Å². The predicted molar refractivity (Wildman–Crippen MR) is 56.0 cm³/mol. The molecule has 2 rings (SSSR count). The Hall–Kier alpha value is -1.09. The number of pyridine rings is 1. The highest BCUT2D eigenvalue weighted by Crippen LogP contribution is 2.30. The number of hydrogen-bond acceptors (Lipinski definition) is 2. The molecule has 0 spiro atoms. The van der Waals surface area contributed by atoms with E-state index in [1.807, 2.05) is 24.3 Å². The second kappa shape index (κ2) is 3.34. The molecule has 0 radical (unpaired) electrons. The van der Waals surface area contributed by atoms with Gasteiger partial charge in [0.25, 0.3) is 0 Å². The zero-order valence-corrected chi connectivity index (χ0v) is 8.71. The van der Waals surface area contributed by atoms with E-state index in [1.54, 1.807) is 13.3 Å². The number of methoxy groups -OCH3 is 1. The average Bonchev–Trinajstić information content (AvgIpc) is 2.19. The maximum Gasteiger partial charge on any atom is 0.151 e. The molecule has 66 valence electrons. The van der Waals surface area contributed by atoms with Gasteiger partial charge in [-0.15, -0.1) is 0 Å². The van der Waals surface area contributed by atoms with Gasteiger partial charge in [0.05, 0.1) is 23.3 Å². The average molecular weight is 238 g/mol. The van der Waals surface area contributed by atoms with E-state index in [0.29, 0.717) is 0 Å². The Morgan fingerprint density at radius 3 is 2.85 bits per heavy atom. The molecular formula is C10H8BrNO. The molecule has 0 atom stereocenters. The smallest absolute Gasteiger partial charge is 0.151 e. The van der Waals surface area contributed by atoms with Gasteiger partial charge in [0.1, 0.15) is 0 Å². The van der Waals surface area contributed by atoms with E-state index >= 15 is 0 Å². The van der Waals surface area contributed by atoms with Crippen LogP contribution in [-0.2, 0) is 0 Å². The van der Waals surface area contributed by atoms with Crippen LogP contribution in [0.2, 0.25) is 0 Å². The van der Waals surface area contributed by atoms with Crippen molar-refractivity contribution in [1.82, 2.24) is 4.98 Å². The Balaban J connectivity index is 2.79. The normalized spacial score (nSPS) is 10.3. The zero-order valence-electron chi connectivity index (χ0n) is 7.12. The van der Waals surface area contributed by atoms with Crippen molar-refractivity contribution >= 4 is 26.8 Å². The Bertz CT molecular complexity index is 442. The molecule has 1 heterocycles. The number of halogens is 1. The van der Waals surface area contributed by atoms with E-state index in [2.05, 4.69) is 20.9 Å². The first-order chi connectivity index (χ1) is 6.33. The molecule has 0 amide bonds. The number of benzene rings is 1. The lowest BCUT2D eigenvalue weighted by atomic mass is 10.2. The van der Waals surface area contributed by atoms with Crippen LogP contribution in [0.15, 0.2) is 34.9 Å². The number of fused-ring (bicyclic) bond motifs is 1. The molecule has 0 aliphatic carbocycles. The first kappa shape index (κ1) is 8.51. The number of hydrogen-bond donors (Lipinski definition) is 0. The molecule has 0 N–H and O–H groups in total. The molecule has 3 heteroatoms. The Morgan fingerprint density at radius 2 is 2.08 bits per heavy atom. The third-order valence-corrected chi connectivity index (χ3v) is 2.72. The number of para-hydroxylation sites is 1. The van der Waals surface area contributed by atoms with Gasteiger partial charge >= 0.3 is 0 Å². The van der Waals surface area contributed by atoms with Crippen molar-refractivity contribution in [2.24, 2.45) is 0 Å². The van der Waals surface area contributed by atoms with E-state index in [4.69, 9.17) is 4.74 Å². The van der Waals surface area contributed by atoms with E-state index in [0.717, 1.165) is 21.1 Å². The Kier molecular flexibility index (Phi) is 2.19. The highest BCUT2D eigenvalue weighted by atomic mass is 79.9. The molecule has 13 heavy (non-hydrogen) atoms. The fourth-order valence-electron chi connectivity index (χ4n) is 1.23. The molecule has 0 aliphatic rings. The molecule has 0 saturated heterocycles. The number of aromatic nitrogens is 1. The molecule has 2 aromatic rings. The van der Waals surface area contributed by atoms with Gasteiger partial charge < -0.3 is 4.74 Å². The largest absolute Gasteiger partial charge is 0.494 e. The minimum Gasteiger partial charge on any atom is -0.494 e. The maximum atomic E-state index is 5.14. The predicted octanol–water partition coefficient (Wildman–Crippen LogP) is 3.01. The number of rotatable bonds is 1. The summed E-state index contributed by atoms with van der Waals surface area (Å²) in [4.78, 5) is 4.26. The highest BCUT2D eigenvalue weighted by molar-refractivity contribution is 9.10. The quantitative estimate of drug-likeness (QED) is 0.761. The fraction of sp³-hybridized carbons (Fsp3) is 0.100. The first-order valence-corrected chi connectivity index (χ1v) is 4.69. The van der Waals surface area contributed by atoms with Gasteiger partial charge in [-0.25, -0.2) is 0 Å². The monoisotopic (exact) mass is 237 g/mol. The van der Waals surface area contributed by atoms with E-state index < -0.39 is 0 Å². The van der Waals surface area contributed by atoms with Gasteiger partial charge in [-0.05, 0) is 22.0 Å². The first-order valence-electron chi connectivity index (χ1n) is 3.90. The van der Waals surface area contributed by atoms with Crippen molar-refractivity contribution in [3.05, 3.63) is 34.9 Å². The summed E-state index contributed by atoms with van der Waals surface area (Å²) in [5.41, 5.74) is 0.968. The lowest BCUT2D eigenvalue weighted by Gasteiger charge is -2.04. The lowest BCUT2D eigenvalue weighted by molar-refractivity contribution is 0.411. The van der Waals surface area contributed by atoms with Gasteiger partial charge in [-0.2, -0.15) is 0 Å². The van der Waals surface area contributed by atoms with Crippen molar-refractivity contribution in [3.8, 4) is 5.75 Å². The summed E-state index contributed by atoms with van der Waals surface area (Å²) in [7, 11) is 1.64. The van der Waals surface area contributed by atoms with Gasteiger partial charge in [-0.3, -0.25) is 4.98 Å². The number of nitrogens with zero attached hydrogens (tertiary/aromatic N) is 1. The van der Waals surface area contributed by atoms with Crippen LogP contribution in [0.3, 0.4) is 0 Å². The number of ether oxygens (including phenoxy) is 1. The lowest BCUT2D eigenvalue weighted by Crippen LogP contribution is -1.87. The second-order valence-electron chi connectivity index (χ2n) is 2.66. The molecule has 1 aromatic carbocycles. The molecule has 0 aliphatic heterocycles. The van der Waals surface area contributed by atoms with Crippen LogP contribution in [0.1, 0.15) is 0 Å². The van der Waals surface area contributed by atoms with Gasteiger partial charge in [0, 0.05) is 5.39 Å². The standard InChI is InChI=1S/C10H8BrNO/c1-13-9-6-12-8-5-3-2-4-7(8)10(9)11/h2-6H,1H3. The van der Waals surface area contributed by atoms with Crippen LogP contribution < -0.4 is 4.74 Å². The van der Waals surface area contributed by atoms with Crippen LogP contribution in [0.5, 0.6) is 5.75 Å².